The molecule has 0 spiro atoms. The molecule has 176 valence electrons. The Labute approximate surface area is 150 Å². The molecule has 0 N–H and O–H groups in total. The number of hydrogen-bond donors (Lipinski definition) is 0. The lowest BCUT2D eigenvalue weighted by Crippen LogP contribution is -2.85. The van der Waals surface area contributed by atoms with Crippen LogP contribution in [0.3, 0.4) is 0 Å². The second kappa shape index (κ2) is 6.82. The fourth-order valence-electron chi connectivity index (χ4n) is 2.02. The van der Waals surface area contributed by atoms with E-state index in [2.05, 4.69) is 0 Å². The molecule has 1 heterocycles. The number of halogens is 18. The van der Waals surface area contributed by atoms with Gasteiger partial charge in [-0.25, -0.2) is 0 Å². The third-order valence-corrected chi connectivity index (χ3v) is 3.27. The van der Waals surface area contributed by atoms with Crippen LogP contribution in [0.4, 0.5) is 79.0 Å². The average molecular weight is 490 g/mol. The summed E-state index contributed by atoms with van der Waals surface area (Å²) in [6, 6.07) is -46.2. The van der Waals surface area contributed by atoms with Gasteiger partial charge in [0.25, 0.3) is 11.7 Å². The predicted octanol–water partition coefficient (Wildman–Crippen LogP) is 6.32. The smallest absolute Gasteiger partial charge is 0.197 e. The van der Waals surface area contributed by atoms with E-state index in [1.807, 2.05) is 0 Å². The van der Waals surface area contributed by atoms with Gasteiger partial charge in [0.2, 0.25) is 0 Å². The lowest BCUT2D eigenvalue weighted by atomic mass is 10.1. The van der Waals surface area contributed by atoms with Gasteiger partial charge in [-0.3, -0.25) is 0 Å². The maximum atomic E-state index is 13.6. The van der Waals surface area contributed by atoms with Crippen molar-refractivity contribution in [3.63, 3.8) is 0 Å². The molecule has 0 unspecified atom stereocenters. The number of rotatable bonds is 4. The highest BCUT2D eigenvalue weighted by Crippen LogP contribution is 2.64. The molecule has 0 saturated carbocycles. The van der Waals surface area contributed by atoms with E-state index in [1.165, 1.54) is 0 Å². The second-order valence-electron chi connectivity index (χ2n) is 5.07. The molecule has 1 aliphatic rings. The van der Waals surface area contributed by atoms with Crippen LogP contribution in [0.2, 0.25) is 0 Å². The van der Waals surface area contributed by atoms with Crippen LogP contribution in [-0.4, -0.2) is 46.1 Å². The molecule has 0 radical (unpaired) electrons. The lowest BCUT2D eigenvalue weighted by molar-refractivity contribution is -0.557. The van der Waals surface area contributed by atoms with E-state index >= 15 is 0 Å². The first-order valence-corrected chi connectivity index (χ1v) is 6.24. The molecule has 1 rings (SSSR count). The van der Waals surface area contributed by atoms with Crippen LogP contribution in [0.25, 0.3) is 0 Å². The van der Waals surface area contributed by atoms with Crippen LogP contribution in [0.1, 0.15) is 0 Å². The van der Waals surface area contributed by atoms with Crippen LogP contribution in [0.15, 0.2) is 23.8 Å². The Morgan fingerprint density at radius 3 is 0.733 bits per heavy atom. The summed E-state index contributed by atoms with van der Waals surface area (Å²) in [5, 5.41) is 0. The van der Waals surface area contributed by atoms with Gasteiger partial charge in [-0.2, -0.15) is 79.0 Å². The molecule has 0 aromatic rings. The summed E-state index contributed by atoms with van der Waals surface area (Å²) in [7, 11) is 0. The van der Waals surface area contributed by atoms with Gasteiger partial charge < -0.3 is 0 Å². The molecule has 20 heteroatoms. The van der Waals surface area contributed by atoms with E-state index in [4.69, 9.17) is 0 Å². The Morgan fingerprint density at radius 2 is 0.600 bits per heavy atom. The molecule has 1 fully saturated rings. The number of nitrogens with zero attached hydrogens (tertiary/aromatic N) is 2. The van der Waals surface area contributed by atoms with Gasteiger partial charge in [0.05, 0.1) is 0 Å². The van der Waals surface area contributed by atoms with Gasteiger partial charge >= 0.3 is 48.4 Å². The Bertz CT molecular complexity index is 665. The highest BCUT2D eigenvalue weighted by molar-refractivity contribution is 5.17. The van der Waals surface area contributed by atoms with Gasteiger partial charge in [-0.05, 0) is 0 Å². The zero-order chi connectivity index (χ0) is 24.5. The topological polar surface area (TPSA) is 6.48 Å². The van der Waals surface area contributed by atoms with E-state index in [0.717, 1.165) is 0 Å². The van der Waals surface area contributed by atoms with Gasteiger partial charge in [0.15, 0.2) is 0 Å². The van der Waals surface area contributed by atoms with Crippen LogP contribution >= 0.6 is 0 Å². The number of hydrogen-bond acceptors (Lipinski definition) is 2. The molecule has 0 amide bonds. The molecule has 0 aromatic heterocycles. The maximum Gasteiger partial charge on any atom is 0.392 e. The van der Waals surface area contributed by atoms with Crippen molar-refractivity contribution in [3.05, 3.63) is 23.8 Å². The fraction of sp³-hybridized carbons (Fsp3) is 0.600. The van der Waals surface area contributed by atoms with Crippen molar-refractivity contribution in [3.8, 4) is 0 Å². The monoisotopic (exact) mass is 490 g/mol. The zero-order valence-corrected chi connectivity index (χ0v) is 12.7. The Balaban J connectivity index is 4.03. The molecule has 2 nitrogen and oxygen atoms in total. The van der Waals surface area contributed by atoms with Crippen molar-refractivity contribution in [2.75, 3.05) is 0 Å². The van der Waals surface area contributed by atoms with Crippen molar-refractivity contribution >= 4 is 0 Å². The molecular weight excluding hydrogens is 490 g/mol. The molecule has 1 aliphatic heterocycles. The highest BCUT2D eigenvalue weighted by Gasteiger charge is 2.92. The second-order valence-corrected chi connectivity index (χ2v) is 5.07. The molecule has 0 atom stereocenters. The van der Waals surface area contributed by atoms with E-state index in [-0.39, 0.29) is 0 Å². The van der Waals surface area contributed by atoms with E-state index in [9.17, 15) is 79.0 Å². The van der Waals surface area contributed by atoms with E-state index < -0.39 is 69.9 Å². The first-order chi connectivity index (χ1) is 12.9. The van der Waals surface area contributed by atoms with E-state index in [0.29, 0.717) is 0 Å². The highest BCUT2D eigenvalue weighted by atomic mass is 19.4. The third kappa shape index (κ3) is 3.17. The van der Waals surface area contributed by atoms with Crippen LogP contribution < -0.4 is 0 Å². The Hall–Kier alpha value is -1.86. The molecule has 30 heavy (non-hydrogen) atoms. The first-order valence-electron chi connectivity index (χ1n) is 6.24. The number of alkyl halides is 12. The van der Waals surface area contributed by atoms with Crippen molar-refractivity contribution in [1.29, 1.82) is 0 Å². The Morgan fingerprint density at radius 1 is 0.433 bits per heavy atom. The normalized spacial score (nSPS) is 23.8. The zero-order valence-electron chi connectivity index (χ0n) is 12.7. The molecule has 1 saturated heterocycles. The van der Waals surface area contributed by atoms with Crippen molar-refractivity contribution < 1.29 is 79.0 Å². The van der Waals surface area contributed by atoms with Crippen molar-refractivity contribution in [2.45, 2.75) is 36.3 Å². The van der Waals surface area contributed by atoms with Crippen molar-refractivity contribution in [1.82, 2.24) is 9.80 Å². The molecular formula is C10F18N2. The number of piperazine rings is 1. The summed E-state index contributed by atoms with van der Waals surface area (Å²) in [4.78, 5) is -8.33. The first kappa shape index (κ1) is 26.2. The largest absolute Gasteiger partial charge is 0.392 e. The maximum absolute atomic E-state index is 13.6. The van der Waals surface area contributed by atoms with Gasteiger partial charge in [-0.15, -0.1) is 9.80 Å². The fourth-order valence-corrected chi connectivity index (χ4v) is 2.02. The quantitative estimate of drug-likeness (QED) is 0.337. The summed E-state index contributed by atoms with van der Waals surface area (Å²) < 4.78 is 235. The molecule has 0 aromatic carbocycles. The van der Waals surface area contributed by atoms with Crippen LogP contribution in [-0.2, 0) is 0 Å². The predicted molar refractivity (Wildman–Crippen MR) is 54.1 cm³/mol. The minimum Gasteiger partial charge on any atom is -0.197 e. The minimum atomic E-state index is -7.84. The summed E-state index contributed by atoms with van der Waals surface area (Å²) in [6.45, 7) is 0. The summed E-state index contributed by atoms with van der Waals surface area (Å²) in [5.74, 6) is -9.40. The van der Waals surface area contributed by atoms with Crippen LogP contribution in [0.5, 0.6) is 0 Å². The van der Waals surface area contributed by atoms with Crippen LogP contribution in [0, 0.1) is 0 Å². The lowest BCUT2D eigenvalue weighted by Gasteiger charge is -2.55. The summed E-state index contributed by atoms with van der Waals surface area (Å²) in [5.41, 5.74) is 0. The standard InChI is InChI=1S/C10F18N2/c11-1(3(13)14)5(17,18)29-7(21,22)9(25,26)30(10(27,28)8(29,23)24)6(19,20)2(12)4(15)16. The summed E-state index contributed by atoms with van der Waals surface area (Å²) in [6.07, 6.45) is -8.92. The Kier molecular flexibility index (Phi) is 5.95. The van der Waals surface area contributed by atoms with Gasteiger partial charge in [0, 0.05) is 0 Å². The minimum absolute atomic E-state index is 4.17. The average Bonchev–Trinajstić information content (AvgIpc) is 2.49. The van der Waals surface area contributed by atoms with Gasteiger partial charge in [0.1, 0.15) is 0 Å². The SMILES string of the molecule is FC(F)=C(F)C(F)(F)N1C(F)(F)C(F)(F)N(C(F)(F)C(F)=C(F)F)C(F)(F)C1(F)F. The van der Waals surface area contributed by atoms with Gasteiger partial charge in [-0.1, -0.05) is 0 Å². The summed E-state index contributed by atoms with van der Waals surface area (Å²) >= 11 is 0. The molecule has 0 aliphatic carbocycles. The third-order valence-electron chi connectivity index (χ3n) is 3.27. The molecule has 0 bridgehead atoms. The van der Waals surface area contributed by atoms with Crippen molar-refractivity contribution in [2.24, 2.45) is 0 Å². The van der Waals surface area contributed by atoms with E-state index in [1.54, 1.807) is 0 Å².